The number of hydrogen-bond donors (Lipinski definition) is 2. The zero-order valence-corrected chi connectivity index (χ0v) is 12.3. The van der Waals surface area contributed by atoms with Gasteiger partial charge in [-0.25, -0.2) is 13.1 Å². The molecule has 0 bridgehead atoms. The van der Waals surface area contributed by atoms with Crippen LogP contribution in [-0.2, 0) is 14.8 Å². The number of nitro benzene ring substituents is 1. The largest absolute Gasteiger partial charge is 0.393 e. The first-order valence-corrected chi connectivity index (χ1v) is 7.91. The van der Waals surface area contributed by atoms with Gasteiger partial charge in [0.1, 0.15) is 5.69 Å². The molecule has 2 unspecified atom stereocenters. The van der Waals surface area contributed by atoms with Crippen molar-refractivity contribution in [2.75, 3.05) is 12.8 Å². The summed E-state index contributed by atoms with van der Waals surface area (Å²) in [4.78, 5) is 9.95. The van der Waals surface area contributed by atoms with E-state index in [0.717, 1.165) is 18.6 Å². The summed E-state index contributed by atoms with van der Waals surface area (Å²) in [5.41, 5.74) is 5.03. The maximum Gasteiger partial charge on any atom is 0.292 e. The number of nitrogens with two attached hydrogens (primary N) is 1. The zero-order valence-electron chi connectivity index (χ0n) is 11.5. The average molecular weight is 315 g/mol. The molecule has 2 atom stereocenters. The highest BCUT2D eigenvalue weighted by molar-refractivity contribution is 7.89. The minimum atomic E-state index is -3.75. The molecule has 0 heterocycles. The third kappa shape index (κ3) is 3.49. The Labute approximate surface area is 122 Å². The van der Waals surface area contributed by atoms with E-state index in [0.29, 0.717) is 12.8 Å². The third-order valence-corrected chi connectivity index (χ3v) is 5.06. The number of hydrogen-bond acceptors (Lipinski definition) is 6. The molecule has 116 valence electrons. The third-order valence-electron chi connectivity index (χ3n) is 3.55. The molecule has 1 aliphatic rings. The van der Waals surface area contributed by atoms with Crippen molar-refractivity contribution in [3.05, 3.63) is 28.3 Å². The molecule has 1 aromatic rings. The Bertz CT molecular complexity index is 646. The molecule has 0 radical (unpaired) electrons. The van der Waals surface area contributed by atoms with E-state index in [1.165, 1.54) is 6.07 Å². The normalized spacial score (nSPS) is 22.3. The van der Waals surface area contributed by atoms with Crippen LogP contribution in [0, 0.1) is 10.1 Å². The number of ether oxygens (including phenoxy) is 1. The Morgan fingerprint density at radius 3 is 2.67 bits per heavy atom. The summed E-state index contributed by atoms with van der Waals surface area (Å²) in [5, 5.41) is 10.7. The van der Waals surface area contributed by atoms with Crippen LogP contribution in [0.5, 0.6) is 0 Å². The highest BCUT2D eigenvalue weighted by Gasteiger charge is 2.29. The van der Waals surface area contributed by atoms with Crippen molar-refractivity contribution in [3.8, 4) is 0 Å². The highest BCUT2D eigenvalue weighted by Crippen LogP contribution is 2.26. The smallest absolute Gasteiger partial charge is 0.292 e. The molecule has 1 saturated carbocycles. The molecule has 2 rings (SSSR count). The van der Waals surface area contributed by atoms with Gasteiger partial charge in [-0.2, -0.15) is 0 Å². The Morgan fingerprint density at radius 1 is 1.43 bits per heavy atom. The number of nitro groups is 1. The van der Waals surface area contributed by atoms with Crippen molar-refractivity contribution in [3.63, 3.8) is 0 Å². The number of benzene rings is 1. The van der Waals surface area contributed by atoms with Crippen molar-refractivity contribution in [2.24, 2.45) is 0 Å². The molecule has 1 aromatic carbocycles. The number of sulfonamides is 1. The van der Waals surface area contributed by atoms with Gasteiger partial charge in [-0.1, -0.05) is 0 Å². The van der Waals surface area contributed by atoms with Crippen LogP contribution in [0.25, 0.3) is 0 Å². The molecule has 21 heavy (non-hydrogen) atoms. The second-order valence-electron chi connectivity index (χ2n) is 4.97. The van der Waals surface area contributed by atoms with Gasteiger partial charge < -0.3 is 10.5 Å². The predicted molar refractivity (Wildman–Crippen MR) is 76.3 cm³/mol. The summed E-state index contributed by atoms with van der Waals surface area (Å²) in [7, 11) is -2.15. The predicted octanol–water partition coefficient (Wildman–Crippen LogP) is 1.02. The summed E-state index contributed by atoms with van der Waals surface area (Å²) in [6, 6.07) is 3.18. The fraction of sp³-hybridized carbons (Fsp3) is 0.500. The van der Waals surface area contributed by atoms with Crippen LogP contribution in [0.15, 0.2) is 23.1 Å². The standard InChI is InChI=1S/C12H17N3O5S/c1-20-9-3-2-8(6-9)14-21(18,19)10-4-5-12(15(16)17)11(13)7-10/h4-5,7-9,14H,2-3,6,13H2,1H3. The topological polar surface area (TPSA) is 125 Å². The van der Waals surface area contributed by atoms with Gasteiger partial charge in [0.2, 0.25) is 10.0 Å². The second-order valence-corrected chi connectivity index (χ2v) is 6.68. The molecular formula is C12H17N3O5S. The average Bonchev–Trinajstić information content (AvgIpc) is 2.85. The second kappa shape index (κ2) is 5.96. The highest BCUT2D eigenvalue weighted by atomic mass is 32.2. The van der Waals surface area contributed by atoms with Crippen molar-refractivity contribution in [2.45, 2.75) is 36.3 Å². The molecule has 0 spiro atoms. The van der Waals surface area contributed by atoms with E-state index in [1.807, 2.05) is 0 Å². The molecule has 8 nitrogen and oxygen atoms in total. The zero-order chi connectivity index (χ0) is 15.6. The Kier molecular flexibility index (Phi) is 4.45. The van der Waals surface area contributed by atoms with E-state index in [1.54, 1.807) is 7.11 Å². The van der Waals surface area contributed by atoms with Crippen LogP contribution in [0.2, 0.25) is 0 Å². The lowest BCUT2D eigenvalue weighted by Crippen LogP contribution is -2.33. The monoisotopic (exact) mass is 315 g/mol. The van der Waals surface area contributed by atoms with Crippen molar-refractivity contribution in [1.29, 1.82) is 0 Å². The quantitative estimate of drug-likeness (QED) is 0.475. The van der Waals surface area contributed by atoms with Crippen molar-refractivity contribution in [1.82, 2.24) is 4.72 Å². The van der Waals surface area contributed by atoms with E-state index < -0.39 is 14.9 Å². The van der Waals surface area contributed by atoms with Gasteiger partial charge in [0, 0.05) is 19.2 Å². The fourth-order valence-electron chi connectivity index (χ4n) is 2.41. The Balaban J connectivity index is 2.16. The molecule has 1 aliphatic carbocycles. The Hall–Kier alpha value is -1.71. The summed E-state index contributed by atoms with van der Waals surface area (Å²) in [5.74, 6) is 0. The first kappa shape index (κ1) is 15.7. The molecule has 0 saturated heterocycles. The van der Waals surface area contributed by atoms with Crippen molar-refractivity contribution < 1.29 is 18.1 Å². The maximum absolute atomic E-state index is 12.2. The lowest BCUT2D eigenvalue weighted by atomic mass is 10.3. The van der Waals surface area contributed by atoms with Gasteiger partial charge in [-0.3, -0.25) is 10.1 Å². The van der Waals surface area contributed by atoms with Gasteiger partial charge in [-0.15, -0.1) is 0 Å². The van der Waals surface area contributed by atoms with Gasteiger partial charge in [0.05, 0.1) is 15.9 Å². The van der Waals surface area contributed by atoms with Crippen LogP contribution in [0.3, 0.4) is 0 Å². The van der Waals surface area contributed by atoms with Gasteiger partial charge >= 0.3 is 0 Å². The van der Waals surface area contributed by atoms with Gasteiger partial charge in [0.25, 0.3) is 5.69 Å². The molecule has 1 fully saturated rings. The molecule has 0 aromatic heterocycles. The maximum atomic E-state index is 12.2. The first-order chi connectivity index (χ1) is 9.83. The lowest BCUT2D eigenvalue weighted by molar-refractivity contribution is -0.383. The molecule has 9 heteroatoms. The van der Waals surface area contributed by atoms with Crippen molar-refractivity contribution >= 4 is 21.4 Å². The summed E-state index contributed by atoms with van der Waals surface area (Å²) < 4.78 is 32.2. The van der Waals surface area contributed by atoms with Gasteiger partial charge in [0.15, 0.2) is 0 Å². The molecular weight excluding hydrogens is 298 g/mol. The van der Waals surface area contributed by atoms with E-state index in [2.05, 4.69) is 4.72 Å². The summed E-state index contributed by atoms with van der Waals surface area (Å²) in [6.45, 7) is 0. The van der Waals surface area contributed by atoms with Crippen LogP contribution in [0.1, 0.15) is 19.3 Å². The lowest BCUT2D eigenvalue weighted by Gasteiger charge is -2.13. The van der Waals surface area contributed by atoms with E-state index in [-0.39, 0.29) is 28.4 Å². The number of rotatable bonds is 5. The van der Waals surface area contributed by atoms with Crippen LogP contribution >= 0.6 is 0 Å². The molecule has 0 amide bonds. The molecule has 3 N–H and O–H groups in total. The Morgan fingerprint density at radius 2 is 2.14 bits per heavy atom. The van der Waals surface area contributed by atoms with Crippen LogP contribution in [-0.4, -0.2) is 32.6 Å². The minimum Gasteiger partial charge on any atom is -0.393 e. The summed E-state index contributed by atoms with van der Waals surface area (Å²) >= 11 is 0. The minimum absolute atomic E-state index is 0.0552. The SMILES string of the molecule is COC1CCC(NS(=O)(=O)c2ccc([N+](=O)[O-])c(N)c2)C1. The number of anilines is 1. The first-order valence-electron chi connectivity index (χ1n) is 6.42. The number of nitrogens with one attached hydrogen (secondary N) is 1. The summed E-state index contributed by atoms with van der Waals surface area (Å²) in [6.07, 6.45) is 2.16. The molecule has 0 aliphatic heterocycles. The van der Waals surface area contributed by atoms with Crippen LogP contribution < -0.4 is 10.5 Å². The fourth-order valence-corrected chi connectivity index (χ4v) is 3.73. The van der Waals surface area contributed by atoms with E-state index >= 15 is 0 Å². The number of methoxy groups -OCH3 is 1. The van der Waals surface area contributed by atoms with Crippen LogP contribution in [0.4, 0.5) is 11.4 Å². The number of nitrogens with zero attached hydrogens (tertiary/aromatic N) is 1. The number of nitrogen functional groups attached to an aromatic ring is 1. The van der Waals surface area contributed by atoms with E-state index in [4.69, 9.17) is 10.5 Å². The van der Waals surface area contributed by atoms with Gasteiger partial charge in [-0.05, 0) is 31.4 Å². The van der Waals surface area contributed by atoms with E-state index in [9.17, 15) is 18.5 Å².